The van der Waals surface area contributed by atoms with Gasteiger partial charge in [0, 0.05) is 30.2 Å². The Morgan fingerprint density at radius 1 is 0.879 bits per heavy atom. The van der Waals surface area contributed by atoms with Gasteiger partial charge in [0.05, 0.1) is 6.04 Å². The Bertz CT molecular complexity index is 1090. The van der Waals surface area contributed by atoms with Crippen molar-refractivity contribution in [2.24, 2.45) is 0 Å². The Kier molecular flexibility index (Phi) is 6.33. The normalized spacial score (nSPS) is 22.2. The van der Waals surface area contributed by atoms with E-state index in [4.69, 9.17) is 21.1 Å². The number of halogens is 1. The molecule has 0 aliphatic carbocycles. The zero-order valence-electron chi connectivity index (χ0n) is 19.3. The fraction of sp³-hybridized carbons (Fsp3) is 0.357. The van der Waals surface area contributed by atoms with Crippen molar-refractivity contribution in [2.45, 2.75) is 24.9 Å². The Hall–Kier alpha value is -2.53. The van der Waals surface area contributed by atoms with Crippen LogP contribution in [0.3, 0.4) is 0 Å². The summed E-state index contributed by atoms with van der Waals surface area (Å²) in [5, 5.41) is 0.771. The zero-order valence-corrected chi connectivity index (χ0v) is 20.1. The van der Waals surface area contributed by atoms with E-state index in [2.05, 4.69) is 78.4 Å². The smallest absolute Gasteiger partial charge is 0.161 e. The highest BCUT2D eigenvalue weighted by Crippen LogP contribution is 2.36. The SMILES string of the molecule is CN1CCN(C(c2ccccc2)c2ccc(Cl)cc2)CC1(C)Cc1ccc2c(c1)OCCO2. The van der Waals surface area contributed by atoms with Crippen LogP contribution in [0.15, 0.2) is 72.8 Å². The molecule has 0 amide bonds. The average molecular weight is 463 g/mol. The molecule has 5 rings (SSSR count). The summed E-state index contributed by atoms with van der Waals surface area (Å²) in [6.07, 6.45) is 0.943. The molecule has 0 N–H and O–H groups in total. The van der Waals surface area contributed by atoms with Gasteiger partial charge in [0.2, 0.25) is 0 Å². The number of nitrogens with zero attached hydrogens (tertiary/aromatic N) is 2. The molecule has 2 unspecified atom stereocenters. The monoisotopic (exact) mass is 462 g/mol. The van der Waals surface area contributed by atoms with Crippen molar-refractivity contribution in [1.82, 2.24) is 9.80 Å². The van der Waals surface area contributed by atoms with Crippen molar-refractivity contribution in [3.63, 3.8) is 0 Å². The highest BCUT2D eigenvalue weighted by molar-refractivity contribution is 6.30. The lowest BCUT2D eigenvalue weighted by Gasteiger charge is -2.50. The first kappa shape index (κ1) is 22.3. The topological polar surface area (TPSA) is 24.9 Å². The van der Waals surface area contributed by atoms with Gasteiger partial charge in [-0.05, 0) is 61.3 Å². The predicted molar refractivity (Wildman–Crippen MR) is 133 cm³/mol. The van der Waals surface area contributed by atoms with Gasteiger partial charge in [-0.25, -0.2) is 0 Å². The van der Waals surface area contributed by atoms with E-state index in [9.17, 15) is 0 Å². The van der Waals surface area contributed by atoms with Crippen LogP contribution in [-0.2, 0) is 6.42 Å². The number of hydrogen-bond donors (Lipinski definition) is 0. The van der Waals surface area contributed by atoms with Gasteiger partial charge in [-0.2, -0.15) is 0 Å². The number of hydrogen-bond acceptors (Lipinski definition) is 4. The molecular weight excluding hydrogens is 432 g/mol. The number of fused-ring (bicyclic) bond motifs is 1. The van der Waals surface area contributed by atoms with Crippen LogP contribution in [0.2, 0.25) is 5.02 Å². The van der Waals surface area contributed by atoms with E-state index in [1.165, 1.54) is 16.7 Å². The summed E-state index contributed by atoms with van der Waals surface area (Å²) in [4.78, 5) is 5.13. The third-order valence-electron chi connectivity index (χ3n) is 7.05. The molecular formula is C28H31ClN2O2. The second-order valence-electron chi connectivity index (χ2n) is 9.41. The molecule has 2 aliphatic rings. The number of rotatable bonds is 5. The first-order chi connectivity index (χ1) is 16.0. The van der Waals surface area contributed by atoms with E-state index in [1.54, 1.807) is 0 Å². The van der Waals surface area contributed by atoms with Crippen LogP contribution in [-0.4, -0.2) is 55.2 Å². The van der Waals surface area contributed by atoms with Crippen LogP contribution in [0, 0.1) is 0 Å². The molecule has 1 fully saturated rings. The summed E-state index contributed by atoms with van der Waals surface area (Å²) >= 11 is 6.21. The molecule has 0 bridgehead atoms. The maximum Gasteiger partial charge on any atom is 0.161 e. The molecule has 2 atom stereocenters. The molecule has 4 nitrogen and oxygen atoms in total. The Morgan fingerprint density at radius 2 is 1.58 bits per heavy atom. The fourth-order valence-corrected chi connectivity index (χ4v) is 5.25. The fourth-order valence-electron chi connectivity index (χ4n) is 5.13. The summed E-state index contributed by atoms with van der Waals surface area (Å²) in [6.45, 7) is 6.59. The number of likely N-dealkylation sites (N-methyl/N-ethyl adjacent to an activating group) is 1. The minimum Gasteiger partial charge on any atom is -0.486 e. The summed E-state index contributed by atoms with van der Waals surface area (Å²) in [5.74, 6) is 1.71. The summed E-state index contributed by atoms with van der Waals surface area (Å²) in [5.41, 5.74) is 3.85. The molecule has 172 valence electrons. The molecule has 33 heavy (non-hydrogen) atoms. The number of piperazine rings is 1. The average Bonchev–Trinajstić information content (AvgIpc) is 2.83. The van der Waals surface area contributed by atoms with Crippen molar-refractivity contribution >= 4 is 11.6 Å². The van der Waals surface area contributed by atoms with Crippen LogP contribution < -0.4 is 9.47 Å². The first-order valence-electron chi connectivity index (χ1n) is 11.7. The zero-order chi connectivity index (χ0) is 22.8. The van der Waals surface area contributed by atoms with E-state index in [-0.39, 0.29) is 11.6 Å². The lowest BCUT2D eigenvalue weighted by atomic mass is 9.86. The third kappa shape index (κ3) is 4.74. The predicted octanol–water partition coefficient (Wildman–Crippen LogP) is 5.45. The molecule has 2 heterocycles. The number of benzene rings is 3. The third-order valence-corrected chi connectivity index (χ3v) is 7.30. The minimum absolute atomic E-state index is 0.0124. The molecule has 1 saturated heterocycles. The Labute approximate surface area is 201 Å². The van der Waals surface area contributed by atoms with Crippen molar-refractivity contribution in [3.8, 4) is 11.5 Å². The van der Waals surface area contributed by atoms with Crippen LogP contribution in [0.5, 0.6) is 11.5 Å². The van der Waals surface area contributed by atoms with E-state index >= 15 is 0 Å². The van der Waals surface area contributed by atoms with E-state index < -0.39 is 0 Å². The molecule has 0 spiro atoms. The molecule has 0 aromatic heterocycles. The first-order valence-corrected chi connectivity index (χ1v) is 12.0. The highest BCUT2D eigenvalue weighted by atomic mass is 35.5. The van der Waals surface area contributed by atoms with E-state index in [0.29, 0.717) is 13.2 Å². The van der Waals surface area contributed by atoms with Gasteiger partial charge in [-0.15, -0.1) is 0 Å². The van der Waals surface area contributed by atoms with Crippen molar-refractivity contribution in [3.05, 3.63) is 94.5 Å². The standard InChI is InChI=1S/C28H31ClN2O2/c1-28(19-21-8-13-25-26(18-21)33-17-16-32-25)20-31(15-14-30(28)2)27(22-6-4-3-5-7-22)23-9-11-24(29)12-10-23/h3-13,18,27H,14-17,19-20H2,1-2H3. The molecule has 5 heteroatoms. The summed E-state index contributed by atoms with van der Waals surface area (Å²) in [6, 6.07) is 25.7. The Balaban J connectivity index is 1.44. The maximum absolute atomic E-state index is 6.21. The molecule has 3 aromatic carbocycles. The van der Waals surface area contributed by atoms with Gasteiger partial charge < -0.3 is 9.47 Å². The number of ether oxygens (including phenoxy) is 2. The van der Waals surface area contributed by atoms with Gasteiger partial charge in [-0.3, -0.25) is 9.80 Å². The molecule has 0 saturated carbocycles. The largest absolute Gasteiger partial charge is 0.486 e. The van der Waals surface area contributed by atoms with Gasteiger partial charge in [0.25, 0.3) is 0 Å². The lowest BCUT2D eigenvalue weighted by Crippen LogP contribution is -2.60. The summed E-state index contributed by atoms with van der Waals surface area (Å²) in [7, 11) is 2.25. The van der Waals surface area contributed by atoms with Crippen molar-refractivity contribution in [1.29, 1.82) is 0 Å². The Morgan fingerprint density at radius 3 is 2.33 bits per heavy atom. The van der Waals surface area contributed by atoms with E-state index in [1.807, 2.05) is 18.2 Å². The highest BCUT2D eigenvalue weighted by Gasteiger charge is 2.39. The van der Waals surface area contributed by atoms with Crippen molar-refractivity contribution < 1.29 is 9.47 Å². The van der Waals surface area contributed by atoms with E-state index in [0.717, 1.165) is 42.6 Å². The van der Waals surface area contributed by atoms with Gasteiger partial charge in [0.1, 0.15) is 13.2 Å². The van der Waals surface area contributed by atoms with Crippen LogP contribution >= 0.6 is 11.6 Å². The van der Waals surface area contributed by atoms with Crippen molar-refractivity contribution in [2.75, 3.05) is 39.9 Å². The van der Waals surface area contributed by atoms with Crippen LogP contribution in [0.4, 0.5) is 0 Å². The minimum atomic E-state index is -0.0124. The van der Waals surface area contributed by atoms with Crippen LogP contribution in [0.25, 0.3) is 0 Å². The summed E-state index contributed by atoms with van der Waals surface area (Å²) < 4.78 is 11.6. The van der Waals surface area contributed by atoms with Gasteiger partial charge in [-0.1, -0.05) is 60.1 Å². The lowest BCUT2D eigenvalue weighted by molar-refractivity contribution is 0.0133. The van der Waals surface area contributed by atoms with Gasteiger partial charge >= 0.3 is 0 Å². The van der Waals surface area contributed by atoms with Gasteiger partial charge in [0.15, 0.2) is 11.5 Å². The second-order valence-corrected chi connectivity index (χ2v) is 9.84. The molecule has 0 radical (unpaired) electrons. The quantitative estimate of drug-likeness (QED) is 0.503. The molecule has 3 aromatic rings. The molecule has 2 aliphatic heterocycles. The maximum atomic E-state index is 6.21. The van der Waals surface area contributed by atoms with Crippen LogP contribution in [0.1, 0.15) is 29.7 Å². The second kappa shape index (κ2) is 9.38.